The first kappa shape index (κ1) is 28.0. The summed E-state index contributed by atoms with van der Waals surface area (Å²) < 4.78 is 6.16. The highest BCUT2D eigenvalue weighted by Gasteiger charge is 2.60. The molecular weight excluding hydrogens is 436 g/mol. The molecule has 198 valence electrons. The molecule has 1 aromatic rings. The Bertz CT molecular complexity index is 748. The molecule has 35 heavy (non-hydrogen) atoms. The van der Waals surface area contributed by atoms with Crippen LogP contribution in [0.5, 0.6) is 0 Å². The van der Waals surface area contributed by atoms with Gasteiger partial charge in [-0.25, -0.2) is 4.79 Å². The number of fused-ring (bicyclic) bond motifs is 2. The number of hydroxylamine groups is 3. The van der Waals surface area contributed by atoms with Crippen molar-refractivity contribution in [3.05, 3.63) is 35.9 Å². The zero-order chi connectivity index (χ0) is 25.2. The van der Waals surface area contributed by atoms with E-state index >= 15 is 0 Å². The lowest BCUT2D eigenvalue weighted by atomic mass is 9.92. The molecule has 0 unspecified atom stereocenters. The van der Waals surface area contributed by atoms with Crippen molar-refractivity contribution in [2.24, 2.45) is 0 Å². The summed E-state index contributed by atoms with van der Waals surface area (Å²) in [5.74, 6) is 0. The van der Waals surface area contributed by atoms with Gasteiger partial charge in [-0.1, -0.05) is 101 Å². The van der Waals surface area contributed by atoms with Crippen molar-refractivity contribution in [2.45, 2.75) is 141 Å². The second-order valence-corrected chi connectivity index (χ2v) is 11.9. The molecule has 3 rings (SSSR count). The molecule has 5 nitrogen and oxygen atoms in total. The Morgan fingerprint density at radius 1 is 0.971 bits per heavy atom. The van der Waals surface area contributed by atoms with E-state index < -0.39 is 5.60 Å². The van der Waals surface area contributed by atoms with Crippen LogP contribution >= 0.6 is 0 Å². The van der Waals surface area contributed by atoms with Crippen LogP contribution in [0.25, 0.3) is 0 Å². The fourth-order valence-electron chi connectivity index (χ4n) is 5.86. The van der Waals surface area contributed by atoms with Gasteiger partial charge in [0.15, 0.2) is 0 Å². The number of amides is 1. The third-order valence-electron chi connectivity index (χ3n) is 7.61. The summed E-state index contributed by atoms with van der Waals surface area (Å²) in [6.45, 7) is 9.68. The highest BCUT2D eigenvalue weighted by Crippen LogP contribution is 2.43. The van der Waals surface area contributed by atoms with Crippen molar-refractivity contribution in [3.63, 3.8) is 0 Å². The number of alkyl carbamates (subject to hydrolysis) is 1. The molecule has 2 bridgehead atoms. The van der Waals surface area contributed by atoms with Crippen LogP contribution in [0.15, 0.2) is 30.3 Å². The number of unbranched alkanes of at least 4 members (excludes halogenated alkanes) is 10. The molecule has 0 spiro atoms. The molecule has 2 fully saturated rings. The molecule has 2 saturated heterocycles. The summed E-state index contributed by atoms with van der Waals surface area (Å²) in [6.07, 6.45) is 17.1. The Labute approximate surface area is 214 Å². The number of quaternary nitrogens is 1. The number of carbonyl (C=O) groups excluding carboxylic acids is 1. The molecular formula is C30H51N2O3+. The second kappa shape index (κ2) is 13.6. The van der Waals surface area contributed by atoms with Gasteiger partial charge in [-0.2, -0.15) is 9.48 Å². The Balaban J connectivity index is 1.44. The number of carbonyl (C=O) groups is 1. The van der Waals surface area contributed by atoms with Crippen molar-refractivity contribution in [2.75, 3.05) is 6.54 Å². The monoisotopic (exact) mass is 487 g/mol. The van der Waals surface area contributed by atoms with Crippen LogP contribution in [0.4, 0.5) is 4.79 Å². The molecule has 0 saturated carbocycles. The average molecular weight is 488 g/mol. The van der Waals surface area contributed by atoms with E-state index in [1.54, 1.807) is 0 Å². The molecule has 1 aromatic carbocycles. The lowest BCUT2D eigenvalue weighted by Crippen LogP contribution is -2.56. The standard InChI is InChI=1S/C30H50N2O3/c1-5-6-7-8-9-10-11-12-13-14-18-21-26-22-28-27(31-29(33)34-30(2,3)4)24-32(26,35-28)23-25-19-16-15-17-20-25/h15-17,19-20,26-28H,5-14,18,21-24H2,1-4H3/p+1/t26-,27+,28-,32-/m1/s1. The number of hydrogen-bond acceptors (Lipinski definition) is 3. The van der Waals surface area contributed by atoms with Gasteiger partial charge in [0.1, 0.15) is 36.9 Å². The zero-order valence-electron chi connectivity index (χ0n) is 22.9. The van der Waals surface area contributed by atoms with Crippen molar-refractivity contribution >= 4 is 6.09 Å². The van der Waals surface area contributed by atoms with Gasteiger partial charge in [-0.15, -0.1) is 0 Å². The van der Waals surface area contributed by atoms with Crippen LogP contribution in [-0.4, -0.2) is 41.1 Å². The Hall–Kier alpha value is -1.59. The van der Waals surface area contributed by atoms with Gasteiger partial charge < -0.3 is 10.1 Å². The maximum Gasteiger partial charge on any atom is 0.408 e. The van der Waals surface area contributed by atoms with Gasteiger partial charge in [0.2, 0.25) is 0 Å². The Morgan fingerprint density at radius 2 is 1.57 bits per heavy atom. The fraction of sp³-hybridized carbons (Fsp3) is 0.767. The van der Waals surface area contributed by atoms with Gasteiger partial charge in [-0.3, -0.25) is 0 Å². The minimum absolute atomic E-state index is 0.0159. The summed E-state index contributed by atoms with van der Waals surface area (Å²) >= 11 is 0. The summed E-state index contributed by atoms with van der Waals surface area (Å²) in [4.78, 5) is 19.1. The van der Waals surface area contributed by atoms with Crippen LogP contribution in [0.3, 0.4) is 0 Å². The minimum Gasteiger partial charge on any atom is -0.444 e. The summed E-state index contributed by atoms with van der Waals surface area (Å²) in [7, 11) is 0. The van der Waals surface area contributed by atoms with E-state index in [1.807, 2.05) is 20.8 Å². The third kappa shape index (κ3) is 9.09. The van der Waals surface area contributed by atoms with Crippen molar-refractivity contribution < 1.29 is 19.0 Å². The predicted octanol–water partition coefficient (Wildman–Crippen LogP) is 7.68. The first-order valence-corrected chi connectivity index (χ1v) is 14.4. The molecule has 1 N–H and O–H groups in total. The number of nitrogens with zero attached hydrogens (tertiary/aromatic N) is 1. The summed E-state index contributed by atoms with van der Waals surface area (Å²) in [5.41, 5.74) is 0.812. The topological polar surface area (TPSA) is 47.6 Å². The minimum atomic E-state index is -0.489. The van der Waals surface area contributed by atoms with Gasteiger partial charge in [-0.05, 0) is 27.2 Å². The van der Waals surface area contributed by atoms with Gasteiger partial charge >= 0.3 is 6.09 Å². The maximum absolute atomic E-state index is 12.4. The van der Waals surface area contributed by atoms with E-state index in [9.17, 15) is 4.79 Å². The van der Waals surface area contributed by atoms with E-state index in [0.717, 1.165) is 19.5 Å². The molecule has 0 aliphatic carbocycles. The van der Waals surface area contributed by atoms with Crippen LogP contribution < -0.4 is 5.32 Å². The Kier molecular flexibility index (Phi) is 10.9. The summed E-state index contributed by atoms with van der Waals surface area (Å²) in [5, 5.41) is 3.11. The number of rotatable bonds is 15. The normalized spacial score (nSPS) is 25.7. The first-order valence-electron chi connectivity index (χ1n) is 14.4. The smallest absolute Gasteiger partial charge is 0.408 e. The van der Waals surface area contributed by atoms with Crippen molar-refractivity contribution in [1.82, 2.24) is 5.32 Å². The SMILES string of the molecule is CCCCCCCCCCCCC[C@@H]1C[C@H]2O[N@+]1(Cc1ccccc1)C[C@@H]2NC(=O)OC(C)(C)C. The number of nitrogens with one attached hydrogen (secondary N) is 1. The van der Waals surface area contributed by atoms with Crippen molar-refractivity contribution in [3.8, 4) is 0 Å². The predicted molar refractivity (Wildman–Crippen MR) is 143 cm³/mol. The Morgan fingerprint density at radius 3 is 2.17 bits per heavy atom. The average Bonchev–Trinajstić information content (AvgIpc) is 3.31. The highest BCUT2D eigenvalue weighted by atomic mass is 16.7. The highest BCUT2D eigenvalue weighted by molar-refractivity contribution is 5.68. The first-order chi connectivity index (χ1) is 16.8. The maximum atomic E-state index is 12.4. The third-order valence-corrected chi connectivity index (χ3v) is 7.61. The number of ether oxygens (including phenoxy) is 1. The van der Waals surface area contributed by atoms with Gasteiger partial charge in [0.25, 0.3) is 0 Å². The summed E-state index contributed by atoms with van der Waals surface area (Å²) in [6, 6.07) is 11.2. The van der Waals surface area contributed by atoms with E-state index in [0.29, 0.717) is 10.7 Å². The molecule has 4 atom stereocenters. The molecule has 2 heterocycles. The van der Waals surface area contributed by atoms with E-state index in [-0.39, 0.29) is 18.2 Å². The molecule has 2 aliphatic rings. The molecule has 0 aromatic heterocycles. The van der Waals surface area contributed by atoms with E-state index in [2.05, 4.69) is 42.6 Å². The van der Waals surface area contributed by atoms with Gasteiger partial charge in [0, 0.05) is 18.4 Å². The van der Waals surface area contributed by atoms with E-state index in [4.69, 9.17) is 9.57 Å². The quantitative estimate of drug-likeness (QED) is 0.204. The van der Waals surface area contributed by atoms with Crippen molar-refractivity contribution in [1.29, 1.82) is 0 Å². The lowest BCUT2D eigenvalue weighted by Gasteiger charge is -2.36. The van der Waals surface area contributed by atoms with Crippen LogP contribution in [-0.2, 0) is 16.1 Å². The molecule has 1 amide bonds. The van der Waals surface area contributed by atoms with Crippen LogP contribution in [0.2, 0.25) is 0 Å². The lowest BCUT2D eigenvalue weighted by molar-refractivity contribution is -1.11. The zero-order valence-corrected chi connectivity index (χ0v) is 22.9. The van der Waals surface area contributed by atoms with Crippen LogP contribution in [0, 0.1) is 0 Å². The van der Waals surface area contributed by atoms with Crippen LogP contribution in [0.1, 0.15) is 117 Å². The number of benzene rings is 1. The molecule has 5 heteroatoms. The number of hydrogen-bond donors (Lipinski definition) is 1. The molecule has 2 aliphatic heterocycles. The van der Waals surface area contributed by atoms with E-state index in [1.165, 1.54) is 82.6 Å². The fourth-order valence-corrected chi connectivity index (χ4v) is 5.86. The van der Waals surface area contributed by atoms with Gasteiger partial charge in [0.05, 0.1) is 0 Å². The number of piperidine rings is 1. The second-order valence-electron chi connectivity index (χ2n) is 11.9. The largest absolute Gasteiger partial charge is 0.444 e. The molecule has 0 radical (unpaired) electrons.